The second-order valence-electron chi connectivity index (χ2n) is 4.95. The van der Waals surface area contributed by atoms with E-state index in [1.54, 1.807) is 23.5 Å². The molecular weight excluding hydrogens is 270 g/mol. The van der Waals surface area contributed by atoms with Gasteiger partial charge in [-0.3, -0.25) is 0 Å². The average molecular weight is 289 g/mol. The van der Waals surface area contributed by atoms with Gasteiger partial charge in [0.2, 0.25) is 0 Å². The Bertz CT molecular complexity index is 546. The second-order valence-corrected chi connectivity index (χ2v) is 5.73. The molecule has 106 valence electrons. The molecule has 0 amide bonds. The molecule has 1 N–H and O–H groups in total. The molecular formula is C16H19NO2S. The van der Waals surface area contributed by atoms with E-state index in [4.69, 9.17) is 4.74 Å². The molecule has 0 saturated carbocycles. The predicted molar refractivity (Wildman–Crippen MR) is 83.4 cm³/mol. The maximum atomic E-state index is 11.7. The highest BCUT2D eigenvalue weighted by molar-refractivity contribution is 7.07. The van der Waals surface area contributed by atoms with Gasteiger partial charge < -0.3 is 10.1 Å². The van der Waals surface area contributed by atoms with E-state index in [1.807, 2.05) is 26.0 Å². The van der Waals surface area contributed by atoms with Crippen LogP contribution in [-0.2, 0) is 4.74 Å². The van der Waals surface area contributed by atoms with E-state index in [1.165, 1.54) is 5.56 Å². The molecule has 1 atom stereocenters. The van der Waals surface area contributed by atoms with Crippen molar-refractivity contribution in [2.24, 2.45) is 0 Å². The fourth-order valence-corrected chi connectivity index (χ4v) is 2.59. The van der Waals surface area contributed by atoms with Gasteiger partial charge in [0.15, 0.2) is 0 Å². The van der Waals surface area contributed by atoms with Gasteiger partial charge in [-0.1, -0.05) is 0 Å². The van der Waals surface area contributed by atoms with E-state index in [2.05, 4.69) is 29.1 Å². The first kappa shape index (κ1) is 14.6. The van der Waals surface area contributed by atoms with Gasteiger partial charge in [-0.05, 0) is 67.4 Å². The zero-order chi connectivity index (χ0) is 14.5. The molecule has 0 radical (unpaired) electrons. The Morgan fingerprint density at radius 1 is 1.15 bits per heavy atom. The van der Waals surface area contributed by atoms with Crippen LogP contribution in [0.5, 0.6) is 0 Å². The third kappa shape index (κ3) is 3.84. The molecule has 0 bridgehead atoms. The maximum Gasteiger partial charge on any atom is 0.338 e. The topological polar surface area (TPSA) is 38.3 Å². The van der Waals surface area contributed by atoms with Gasteiger partial charge in [0.25, 0.3) is 0 Å². The normalized spacial score (nSPS) is 12.2. The van der Waals surface area contributed by atoms with Gasteiger partial charge in [0.1, 0.15) is 0 Å². The first-order valence-corrected chi connectivity index (χ1v) is 7.60. The molecule has 1 aromatic heterocycles. The van der Waals surface area contributed by atoms with E-state index in [0.29, 0.717) is 5.56 Å². The van der Waals surface area contributed by atoms with Crippen LogP contribution in [0.4, 0.5) is 5.69 Å². The number of carbonyl (C=O) groups is 1. The fraction of sp³-hybridized carbons (Fsp3) is 0.312. The molecule has 0 fully saturated rings. The summed E-state index contributed by atoms with van der Waals surface area (Å²) < 4.78 is 5.16. The Morgan fingerprint density at radius 3 is 2.40 bits per heavy atom. The van der Waals surface area contributed by atoms with Crippen molar-refractivity contribution < 1.29 is 9.53 Å². The number of nitrogens with one attached hydrogen (secondary N) is 1. The van der Waals surface area contributed by atoms with Gasteiger partial charge in [-0.15, -0.1) is 0 Å². The van der Waals surface area contributed by atoms with Crippen LogP contribution in [0.3, 0.4) is 0 Å². The van der Waals surface area contributed by atoms with Crippen LogP contribution < -0.4 is 5.32 Å². The van der Waals surface area contributed by atoms with Gasteiger partial charge in [0, 0.05) is 11.7 Å². The molecule has 0 aliphatic carbocycles. The molecule has 1 heterocycles. The molecule has 1 aromatic carbocycles. The number of thiophene rings is 1. The highest BCUT2D eigenvalue weighted by atomic mass is 32.1. The van der Waals surface area contributed by atoms with E-state index < -0.39 is 0 Å². The Hall–Kier alpha value is -1.81. The Morgan fingerprint density at radius 2 is 1.85 bits per heavy atom. The van der Waals surface area contributed by atoms with Gasteiger partial charge in [-0.25, -0.2) is 4.79 Å². The fourth-order valence-electron chi connectivity index (χ4n) is 1.84. The minimum absolute atomic E-state index is 0.0982. The monoisotopic (exact) mass is 289 g/mol. The van der Waals surface area contributed by atoms with Crippen molar-refractivity contribution in [2.45, 2.75) is 32.9 Å². The number of esters is 1. The number of benzene rings is 1. The standard InChI is InChI=1S/C16H19NO2S/c1-11(2)19-16(18)13-4-6-15(7-5-13)17-12(3)14-8-9-20-10-14/h4-12,17H,1-3H3. The lowest BCUT2D eigenvalue weighted by molar-refractivity contribution is 0.0378. The third-order valence-corrected chi connectivity index (χ3v) is 3.59. The van der Waals surface area contributed by atoms with Crippen molar-refractivity contribution in [3.63, 3.8) is 0 Å². The predicted octanol–water partition coefficient (Wildman–Crippen LogP) is 4.49. The van der Waals surface area contributed by atoms with Gasteiger partial charge in [-0.2, -0.15) is 11.3 Å². The maximum absolute atomic E-state index is 11.7. The van der Waals surface area contributed by atoms with Crippen LogP contribution in [0.2, 0.25) is 0 Å². The van der Waals surface area contributed by atoms with Gasteiger partial charge >= 0.3 is 5.97 Å². The number of carbonyl (C=O) groups excluding carboxylic acids is 1. The molecule has 0 spiro atoms. The lowest BCUT2D eigenvalue weighted by Gasteiger charge is -2.14. The Balaban J connectivity index is 1.99. The quantitative estimate of drug-likeness (QED) is 0.824. The van der Waals surface area contributed by atoms with Crippen molar-refractivity contribution in [1.29, 1.82) is 0 Å². The minimum atomic E-state index is -0.280. The minimum Gasteiger partial charge on any atom is -0.459 e. The summed E-state index contributed by atoms with van der Waals surface area (Å²) in [7, 11) is 0. The zero-order valence-electron chi connectivity index (χ0n) is 11.9. The molecule has 0 aliphatic heterocycles. The van der Waals surface area contributed by atoms with Crippen LogP contribution in [-0.4, -0.2) is 12.1 Å². The summed E-state index contributed by atoms with van der Waals surface area (Å²) in [5.74, 6) is -0.280. The van der Waals surface area contributed by atoms with Crippen LogP contribution in [0.1, 0.15) is 42.7 Å². The second kappa shape index (κ2) is 6.57. The third-order valence-electron chi connectivity index (χ3n) is 2.89. The summed E-state index contributed by atoms with van der Waals surface area (Å²) in [5.41, 5.74) is 2.83. The van der Waals surface area contributed by atoms with E-state index in [-0.39, 0.29) is 18.1 Å². The number of anilines is 1. The van der Waals surface area contributed by atoms with E-state index in [9.17, 15) is 4.79 Å². The number of rotatable bonds is 5. The van der Waals surface area contributed by atoms with Gasteiger partial charge in [0.05, 0.1) is 11.7 Å². The highest BCUT2D eigenvalue weighted by Gasteiger charge is 2.10. The first-order valence-electron chi connectivity index (χ1n) is 6.66. The molecule has 0 saturated heterocycles. The summed E-state index contributed by atoms with van der Waals surface area (Å²) >= 11 is 1.69. The molecule has 0 aliphatic rings. The van der Waals surface area contributed by atoms with Crippen molar-refractivity contribution in [3.8, 4) is 0 Å². The van der Waals surface area contributed by atoms with Crippen LogP contribution in [0.25, 0.3) is 0 Å². The lowest BCUT2D eigenvalue weighted by atomic mass is 10.1. The molecule has 2 aromatic rings. The summed E-state index contributed by atoms with van der Waals surface area (Å²) in [6, 6.07) is 9.73. The van der Waals surface area contributed by atoms with E-state index >= 15 is 0 Å². The average Bonchev–Trinajstić information content (AvgIpc) is 2.92. The molecule has 4 heteroatoms. The van der Waals surface area contributed by atoms with Crippen LogP contribution in [0.15, 0.2) is 41.1 Å². The van der Waals surface area contributed by atoms with Crippen molar-refractivity contribution in [3.05, 3.63) is 52.2 Å². The zero-order valence-corrected chi connectivity index (χ0v) is 12.7. The number of hydrogen-bond donors (Lipinski definition) is 1. The van der Waals surface area contributed by atoms with Crippen molar-refractivity contribution in [2.75, 3.05) is 5.32 Å². The summed E-state index contributed by atoms with van der Waals surface area (Å²) in [6.45, 7) is 5.80. The largest absolute Gasteiger partial charge is 0.459 e. The molecule has 1 unspecified atom stereocenters. The Labute approximate surface area is 123 Å². The highest BCUT2D eigenvalue weighted by Crippen LogP contribution is 2.21. The summed E-state index contributed by atoms with van der Waals surface area (Å²) in [5, 5.41) is 7.60. The molecule has 2 rings (SSSR count). The van der Waals surface area contributed by atoms with Crippen LogP contribution >= 0.6 is 11.3 Å². The summed E-state index contributed by atoms with van der Waals surface area (Å²) in [4.78, 5) is 11.7. The Kier molecular flexibility index (Phi) is 4.79. The lowest BCUT2D eigenvalue weighted by Crippen LogP contribution is -2.11. The molecule has 20 heavy (non-hydrogen) atoms. The van der Waals surface area contributed by atoms with E-state index in [0.717, 1.165) is 5.69 Å². The van der Waals surface area contributed by atoms with Crippen molar-refractivity contribution in [1.82, 2.24) is 0 Å². The van der Waals surface area contributed by atoms with Crippen molar-refractivity contribution >= 4 is 23.0 Å². The number of hydrogen-bond acceptors (Lipinski definition) is 4. The first-order chi connectivity index (χ1) is 9.56. The number of ether oxygens (including phenoxy) is 1. The molecule has 3 nitrogen and oxygen atoms in total. The SMILES string of the molecule is CC(C)OC(=O)c1ccc(NC(C)c2ccsc2)cc1. The summed E-state index contributed by atoms with van der Waals surface area (Å²) in [6.07, 6.45) is -0.0982. The van der Waals surface area contributed by atoms with Crippen LogP contribution in [0, 0.1) is 0 Å². The smallest absolute Gasteiger partial charge is 0.338 e.